The number of ether oxygens (including phenoxy) is 3. The minimum atomic E-state index is -0.309. The molecule has 0 heterocycles. The molecule has 1 aliphatic rings. The summed E-state index contributed by atoms with van der Waals surface area (Å²) in [6.07, 6.45) is 5.76. The molecule has 0 bridgehead atoms. The van der Waals surface area contributed by atoms with Crippen molar-refractivity contribution in [2.75, 3.05) is 27.4 Å². The molecule has 1 aliphatic carbocycles. The highest BCUT2D eigenvalue weighted by Crippen LogP contribution is 2.31. The predicted molar refractivity (Wildman–Crippen MR) is 62.0 cm³/mol. The summed E-state index contributed by atoms with van der Waals surface area (Å²) >= 11 is 0. The summed E-state index contributed by atoms with van der Waals surface area (Å²) in [5, 5.41) is 0. The molecule has 3 heteroatoms. The normalized spacial score (nSPS) is 19.2. The summed E-state index contributed by atoms with van der Waals surface area (Å²) < 4.78 is 16.1. The van der Waals surface area contributed by atoms with Crippen molar-refractivity contribution in [1.82, 2.24) is 0 Å². The lowest BCUT2D eigenvalue weighted by Gasteiger charge is -2.35. The van der Waals surface area contributed by atoms with Gasteiger partial charge in [0.15, 0.2) is 5.79 Å². The third-order valence-electron chi connectivity index (χ3n) is 2.64. The molecule has 0 saturated heterocycles. The van der Waals surface area contributed by atoms with E-state index in [0.717, 1.165) is 12.8 Å². The zero-order valence-electron chi connectivity index (χ0n) is 10.7. The van der Waals surface area contributed by atoms with E-state index in [-0.39, 0.29) is 5.79 Å². The van der Waals surface area contributed by atoms with Crippen LogP contribution in [-0.2, 0) is 14.2 Å². The fourth-order valence-electron chi connectivity index (χ4n) is 1.81. The Kier molecular flexibility index (Phi) is 9.06. The summed E-state index contributed by atoms with van der Waals surface area (Å²) in [4.78, 5) is 0. The van der Waals surface area contributed by atoms with Crippen LogP contribution in [0.1, 0.15) is 46.0 Å². The molecule has 1 rings (SSSR count). The quantitative estimate of drug-likeness (QED) is 0.524. The van der Waals surface area contributed by atoms with Crippen molar-refractivity contribution in [3.05, 3.63) is 0 Å². The SMILES string of the molecule is CC.COCCOC1(OC)CCCCC1. The summed E-state index contributed by atoms with van der Waals surface area (Å²) in [6.45, 7) is 5.27. The number of hydrogen-bond acceptors (Lipinski definition) is 3. The first-order valence-electron chi connectivity index (χ1n) is 6.01. The van der Waals surface area contributed by atoms with Crippen LogP contribution in [0.25, 0.3) is 0 Å². The van der Waals surface area contributed by atoms with Gasteiger partial charge in [-0.25, -0.2) is 0 Å². The molecule has 3 nitrogen and oxygen atoms in total. The van der Waals surface area contributed by atoms with Crippen LogP contribution in [0.3, 0.4) is 0 Å². The van der Waals surface area contributed by atoms with Crippen LogP contribution in [0, 0.1) is 0 Å². The van der Waals surface area contributed by atoms with Crippen LogP contribution in [0.2, 0.25) is 0 Å². The summed E-state index contributed by atoms with van der Waals surface area (Å²) in [7, 11) is 3.42. The van der Waals surface area contributed by atoms with Crippen LogP contribution in [0.5, 0.6) is 0 Å². The summed E-state index contributed by atoms with van der Waals surface area (Å²) in [6, 6.07) is 0. The van der Waals surface area contributed by atoms with Crippen LogP contribution in [0.15, 0.2) is 0 Å². The van der Waals surface area contributed by atoms with Crippen LogP contribution in [0.4, 0.5) is 0 Å². The molecule has 0 aromatic heterocycles. The zero-order valence-corrected chi connectivity index (χ0v) is 10.7. The van der Waals surface area contributed by atoms with Gasteiger partial charge in [-0.05, 0) is 12.8 Å². The molecule has 0 atom stereocenters. The van der Waals surface area contributed by atoms with Crippen molar-refractivity contribution < 1.29 is 14.2 Å². The molecule has 1 fully saturated rings. The fraction of sp³-hybridized carbons (Fsp3) is 1.00. The first kappa shape index (κ1) is 14.9. The van der Waals surface area contributed by atoms with Gasteiger partial charge in [0.2, 0.25) is 0 Å². The molecule has 0 unspecified atom stereocenters. The fourth-order valence-corrected chi connectivity index (χ4v) is 1.81. The van der Waals surface area contributed by atoms with Gasteiger partial charge in [-0.1, -0.05) is 20.3 Å². The first-order valence-corrected chi connectivity index (χ1v) is 6.01. The van der Waals surface area contributed by atoms with Crippen molar-refractivity contribution in [1.29, 1.82) is 0 Å². The van der Waals surface area contributed by atoms with Gasteiger partial charge in [0.05, 0.1) is 13.2 Å². The molecule has 0 aliphatic heterocycles. The van der Waals surface area contributed by atoms with E-state index in [1.54, 1.807) is 14.2 Å². The summed E-state index contributed by atoms with van der Waals surface area (Å²) in [5.41, 5.74) is 0. The highest BCUT2D eigenvalue weighted by Gasteiger charge is 2.32. The summed E-state index contributed by atoms with van der Waals surface area (Å²) in [5.74, 6) is -0.309. The maximum absolute atomic E-state index is 5.71. The second-order valence-corrected chi connectivity index (χ2v) is 3.52. The number of hydrogen-bond donors (Lipinski definition) is 0. The molecule has 0 radical (unpaired) electrons. The lowest BCUT2D eigenvalue weighted by molar-refractivity contribution is -0.242. The smallest absolute Gasteiger partial charge is 0.168 e. The lowest BCUT2D eigenvalue weighted by atomic mass is 9.94. The predicted octanol–water partition coefficient (Wildman–Crippen LogP) is 2.98. The van der Waals surface area contributed by atoms with Gasteiger partial charge in [0, 0.05) is 27.1 Å². The molecular formula is C12H26O3. The average molecular weight is 218 g/mol. The zero-order chi connectivity index (χ0) is 11.6. The van der Waals surface area contributed by atoms with Gasteiger partial charge < -0.3 is 14.2 Å². The van der Waals surface area contributed by atoms with Crippen LogP contribution in [-0.4, -0.2) is 33.2 Å². The van der Waals surface area contributed by atoms with Gasteiger partial charge in [-0.15, -0.1) is 0 Å². The van der Waals surface area contributed by atoms with Gasteiger partial charge in [0.1, 0.15) is 0 Å². The topological polar surface area (TPSA) is 27.7 Å². The number of methoxy groups -OCH3 is 2. The molecule has 0 amide bonds. The largest absolute Gasteiger partial charge is 0.382 e. The van der Waals surface area contributed by atoms with Crippen molar-refractivity contribution in [2.45, 2.75) is 51.7 Å². The molecule has 1 saturated carbocycles. The Morgan fingerprint density at radius 2 is 1.53 bits per heavy atom. The third-order valence-corrected chi connectivity index (χ3v) is 2.64. The van der Waals surface area contributed by atoms with E-state index in [2.05, 4.69) is 0 Å². The van der Waals surface area contributed by atoms with E-state index in [1.165, 1.54) is 19.3 Å². The molecule has 0 spiro atoms. The number of rotatable bonds is 5. The lowest BCUT2D eigenvalue weighted by Crippen LogP contribution is -2.38. The van der Waals surface area contributed by atoms with Gasteiger partial charge >= 0.3 is 0 Å². The Morgan fingerprint density at radius 1 is 0.933 bits per heavy atom. The molecule has 0 aromatic rings. The molecule has 0 aromatic carbocycles. The van der Waals surface area contributed by atoms with Gasteiger partial charge in [-0.3, -0.25) is 0 Å². The van der Waals surface area contributed by atoms with E-state index >= 15 is 0 Å². The van der Waals surface area contributed by atoms with Crippen molar-refractivity contribution in [3.63, 3.8) is 0 Å². The van der Waals surface area contributed by atoms with Crippen molar-refractivity contribution in [3.8, 4) is 0 Å². The first-order chi connectivity index (χ1) is 7.33. The highest BCUT2D eigenvalue weighted by molar-refractivity contribution is 4.74. The van der Waals surface area contributed by atoms with E-state index in [1.807, 2.05) is 13.8 Å². The van der Waals surface area contributed by atoms with E-state index in [4.69, 9.17) is 14.2 Å². The molecular weight excluding hydrogens is 192 g/mol. The van der Waals surface area contributed by atoms with Crippen molar-refractivity contribution in [2.24, 2.45) is 0 Å². The maximum atomic E-state index is 5.71. The third kappa shape index (κ3) is 5.50. The monoisotopic (exact) mass is 218 g/mol. The van der Waals surface area contributed by atoms with Crippen molar-refractivity contribution >= 4 is 0 Å². The van der Waals surface area contributed by atoms with E-state index in [9.17, 15) is 0 Å². The molecule has 0 N–H and O–H groups in total. The van der Waals surface area contributed by atoms with Crippen LogP contribution < -0.4 is 0 Å². The Hall–Kier alpha value is -0.120. The van der Waals surface area contributed by atoms with Gasteiger partial charge in [-0.2, -0.15) is 0 Å². The average Bonchev–Trinajstić information content (AvgIpc) is 2.33. The Labute approximate surface area is 94.1 Å². The Bertz CT molecular complexity index is 131. The minimum Gasteiger partial charge on any atom is -0.382 e. The maximum Gasteiger partial charge on any atom is 0.168 e. The Morgan fingerprint density at radius 3 is 2.00 bits per heavy atom. The highest BCUT2D eigenvalue weighted by atomic mass is 16.7. The molecule has 92 valence electrons. The second kappa shape index (κ2) is 9.13. The second-order valence-electron chi connectivity index (χ2n) is 3.52. The minimum absolute atomic E-state index is 0.309. The van der Waals surface area contributed by atoms with E-state index < -0.39 is 0 Å². The standard InChI is InChI=1S/C10H20O3.C2H6/c1-11-8-9-13-10(12-2)6-4-3-5-7-10;1-2/h3-9H2,1-2H3;1-2H3. The van der Waals surface area contributed by atoms with Gasteiger partial charge in [0.25, 0.3) is 0 Å². The van der Waals surface area contributed by atoms with Crippen LogP contribution >= 0.6 is 0 Å². The van der Waals surface area contributed by atoms with E-state index in [0.29, 0.717) is 13.2 Å². The molecule has 15 heavy (non-hydrogen) atoms. The Balaban J connectivity index is 0.000000921.